The number of hydrogen-bond donors (Lipinski definition) is 6. The zero-order valence-electron chi connectivity index (χ0n) is 11.4. The molecule has 0 saturated carbocycles. The summed E-state index contributed by atoms with van der Waals surface area (Å²) < 4.78 is 4.17. The third-order valence-corrected chi connectivity index (χ3v) is 2.68. The average Bonchev–Trinajstić information content (AvgIpc) is 2.48. The quantitative estimate of drug-likeness (QED) is 0.143. The molecule has 0 heterocycles. The number of carboxylic acid groups (broad SMARTS) is 1. The van der Waals surface area contributed by atoms with E-state index in [9.17, 15) is 29.7 Å². The standard InChI is InChI=1S/C12H18O10/c1-2-5(3-7(15)16)11(20)22-12(21)10(19)9(18)8(17)6(14)4-13/h2,5-6,8-10,13-14,17-19H,1,3-4H2,(H,15,16)/t5?,6-,8-,9+,10-/m1/s1. The van der Waals surface area contributed by atoms with E-state index in [0.717, 1.165) is 6.08 Å². The lowest BCUT2D eigenvalue weighted by Gasteiger charge is -2.24. The molecule has 0 aliphatic carbocycles. The highest BCUT2D eigenvalue weighted by atomic mass is 16.6. The van der Waals surface area contributed by atoms with Crippen LogP contribution in [0.1, 0.15) is 6.42 Å². The van der Waals surface area contributed by atoms with Crippen LogP contribution in [0.5, 0.6) is 0 Å². The third-order valence-electron chi connectivity index (χ3n) is 2.68. The molecular formula is C12H18O10. The highest BCUT2D eigenvalue weighted by Crippen LogP contribution is 2.11. The predicted molar refractivity (Wildman–Crippen MR) is 68.2 cm³/mol. The number of rotatable bonds is 9. The normalized spacial score (nSPS) is 17.7. The molecule has 22 heavy (non-hydrogen) atoms. The van der Waals surface area contributed by atoms with Crippen LogP contribution in [0.2, 0.25) is 0 Å². The van der Waals surface area contributed by atoms with Crippen molar-refractivity contribution >= 4 is 17.9 Å². The van der Waals surface area contributed by atoms with Crippen LogP contribution in [-0.2, 0) is 19.1 Å². The lowest BCUT2D eigenvalue weighted by Crippen LogP contribution is -2.49. The topological polar surface area (TPSA) is 182 Å². The summed E-state index contributed by atoms with van der Waals surface area (Å²) in [6.45, 7) is 2.25. The fourth-order valence-corrected chi connectivity index (χ4v) is 1.35. The molecule has 10 nitrogen and oxygen atoms in total. The first-order valence-electron chi connectivity index (χ1n) is 6.08. The van der Waals surface area contributed by atoms with E-state index in [1.165, 1.54) is 0 Å². The Bertz CT molecular complexity index is 420. The van der Waals surface area contributed by atoms with Gasteiger partial charge in [0.1, 0.15) is 18.3 Å². The van der Waals surface area contributed by atoms with Crippen LogP contribution in [-0.4, -0.2) is 79.6 Å². The van der Waals surface area contributed by atoms with Gasteiger partial charge in [-0.15, -0.1) is 6.58 Å². The summed E-state index contributed by atoms with van der Waals surface area (Å²) in [6.07, 6.45) is -8.30. The number of esters is 2. The van der Waals surface area contributed by atoms with E-state index in [1.54, 1.807) is 0 Å². The summed E-state index contributed by atoms with van der Waals surface area (Å²) in [7, 11) is 0. The van der Waals surface area contributed by atoms with E-state index in [0.29, 0.717) is 0 Å². The zero-order chi connectivity index (χ0) is 17.4. The van der Waals surface area contributed by atoms with Gasteiger partial charge in [-0.25, -0.2) is 4.79 Å². The average molecular weight is 322 g/mol. The van der Waals surface area contributed by atoms with Gasteiger partial charge in [0, 0.05) is 0 Å². The third kappa shape index (κ3) is 5.87. The van der Waals surface area contributed by atoms with Crippen molar-refractivity contribution in [2.75, 3.05) is 6.61 Å². The largest absolute Gasteiger partial charge is 0.481 e. The van der Waals surface area contributed by atoms with Crippen molar-refractivity contribution in [3.63, 3.8) is 0 Å². The summed E-state index contributed by atoms with van der Waals surface area (Å²) in [6, 6.07) is 0. The maximum Gasteiger partial charge on any atom is 0.345 e. The first kappa shape index (κ1) is 20.1. The Hall–Kier alpha value is -1.85. The first-order chi connectivity index (χ1) is 10.1. The van der Waals surface area contributed by atoms with Crippen LogP contribution in [0.3, 0.4) is 0 Å². The van der Waals surface area contributed by atoms with Gasteiger partial charge in [-0.05, 0) is 0 Å². The van der Waals surface area contributed by atoms with Gasteiger partial charge in [-0.3, -0.25) is 9.59 Å². The zero-order valence-corrected chi connectivity index (χ0v) is 11.4. The van der Waals surface area contributed by atoms with Crippen LogP contribution < -0.4 is 0 Å². The Kier molecular flexibility index (Phi) is 8.45. The van der Waals surface area contributed by atoms with E-state index in [1.807, 2.05) is 0 Å². The SMILES string of the molecule is C=CC(CC(=O)O)C(=O)OC(=O)[C@H](O)[C@@H](O)[C@H](O)[C@H](O)CO. The van der Waals surface area contributed by atoms with Gasteiger partial charge in [-0.2, -0.15) is 0 Å². The van der Waals surface area contributed by atoms with E-state index in [4.69, 9.17) is 15.3 Å². The van der Waals surface area contributed by atoms with Gasteiger partial charge in [0.2, 0.25) is 0 Å². The number of carboxylic acids is 1. The van der Waals surface area contributed by atoms with Gasteiger partial charge in [-0.1, -0.05) is 6.08 Å². The Balaban J connectivity index is 4.73. The summed E-state index contributed by atoms with van der Waals surface area (Å²) in [5.74, 6) is -5.67. The van der Waals surface area contributed by atoms with Gasteiger partial charge in [0.25, 0.3) is 0 Å². The summed E-state index contributed by atoms with van der Waals surface area (Å²) in [5, 5.41) is 54.3. The Labute approximate surface area is 124 Å². The smallest absolute Gasteiger partial charge is 0.345 e. The minimum absolute atomic E-state index is 0.694. The Morgan fingerprint density at radius 3 is 2.00 bits per heavy atom. The van der Waals surface area contributed by atoms with Crippen molar-refractivity contribution in [2.24, 2.45) is 5.92 Å². The maximum absolute atomic E-state index is 11.5. The molecular weight excluding hydrogens is 304 g/mol. The molecule has 126 valence electrons. The molecule has 0 aromatic carbocycles. The Morgan fingerprint density at radius 1 is 1.05 bits per heavy atom. The molecule has 0 amide bonds. The number of carbonyl (C=O) groups excluding carboxylic acids is 2. The second kappa shape index (κ2) is 9.23. The molecule has 5 atom stereocenters. The van der Waals surface area contributed by atoms with Crippen LogP contribution in [0.4, 0.5) is 0 Å². The molecule has 0 spiro atoms. The molecule has 6 N–H and O–H groups in total. The van der Waals surface area contributed by atoms with Crippen molar-refractivity contribution in [3.05, 3.63) is 12.7 Å². The number of aliphatic hydroxyl groups excluding tert-OH is 5. The summed E-state index contributed by atoms with van der Waals surface area (Å²) >= 11 is 0. The van der Waals surface area contributed by atoms with Gasteiger partial charge >= 0.3 is 17.9 Å². The fraction of sp³-hybridized carbons (Fsp3) is 0.583. The molecule has 0 aliphatic rings. The predicted octanol–water partition coefficient (Wildman–Crippen LogP) is -3.23. The minimum Gasteiger partial charge on any atom is -0.481 e. The van der Waals surface area contributed by atoms with Gasteiger partial charge < -0.3 is 35.4 Å². The highest BCUT2D eigenvalue weighted by molar-refractivity contribution is 5.91. The molecule has 1 unspecified atom stereocenters. The lowest BCUT2D eigenvalue weighted by molar-refractivity contribution is -0.178. The van der Waals surface area contributed by atoms with E-state index < -0.39 is 61.3 Å². The van der Waals surface area contributed by atoms with Crippen molar-refractivity contribution in [3.8, 4) is 0 Å². The monoisotopic (exact) mass is 322 g/mol. The highest BCUT2D eigenvalue weighted by Gasteiger charge is 2.36. The van der Waals surface area contributed by atoms with Crippen molar-refractivity contribution in [1.29, 1.82) is 0 Å². The molecule has 0 aliphatic heterocycles. The summed E-state index contributed by atoms with van der Waals surface area (Å²) in [5.41, 5.74) is 0. The lowest BCUT2D eigenvalue weighted by atomic mass is 10.0. The molecule has 0 aromatic rings. The van der Waals surface area contributed by atoms with E-state index in [-0.39, 0.29) is 0 Å². The molecule has 0 radical (unpaired) electrons. The second-order valence-corrected chi connectivity index (χ2v) is 4.36. The molecule has 0 rings (SSSR count). The second-order valence-electron chi connectivity index (χ2n) is 4.36. The molecule has 0 saturated heterocycles. The number of hydrogen-bond acceptors (Lipinski definition) is 9. The number of aliphatic hydroxyl groups is 5. The maximum atomic E-state index is 11.5. The molecule has 10 heteroatoms. The van der Waals surface area contributed by atoms with Crippen molar-refractivity contribution in [2.45, 2.75) is 30.8 Å². The van der Waals surface area contributed by atoms with Crippen molar-refractivity contribution < 1.29 is 49.8 Å². The van der Waals surface area contributed by atoms with E-state index in [2.05, 4.69) is 11.3 Å². The minimum atomic E-state index is -2.39. The number of ether oxygens (including phenoxy) is 1. The van der Waals surface area contributed by atoms with Gasteiger partial charge in [0.15, 0.2) is 6.10 Å². The van der Waals surface area contributed by atoms with Crippen LogP contribution in [0.25, 0.3) is 0 Å². The van der Waals surface area contributed by atoms with Crippen LogP contribution in [0, 0.1) is 5.92 Å². The van der Waals surface area contributed by atoms with Crippen LogP contribution in [0.15, 0.2) is 12.7 Å². The summed E-state index contributed by atoms with van der Waals surface area (Å²) in [4.78, 5) is 33.4. The first-order valence-corrected chi connectivity index (χ1v) is 6.08. The number of carbonyl (C=O) groups is 3. The van der Waals surface area contributed by atoms with Crippen LogP contribution >= 0.6 is 0 Å². The molecule has 0 bridgehead atoms. The van der Waals surface area contributed by atoms with Crippen molar-refractivity contribution in [1.82, 2.24) is 0 Å². The van der Waals surface area contributed by atoms with E-state index >= 15 is 0 Å². The number of aliphatic carboxylic acids is 1. The van der Waals surface area contributed by atoms with Gasteiger partial charge in [0.05, 0.1) is 18.9 Å². The molecule has 0 aromatic heterocycles. The Morgan fingerprint density at radius 2 is 1.59 bits per heavy atom. The fourth-order valence-electron chi connectivity index (χ4n) is 1.35. The molecule has 0 fully saturated rings.